The number of amides is 9. The summed E-state index contributed by atoms with van der Waals surface area (Å²) < 4.78 is 144. The molecule has 0 atom stereocenters. The van der Waals surface area contributed by atoms with E-state index in [-0.39, 0.29) is 121 Å². The lowest BCUT2D eigenvalue weighted by atomic mass is 9.70. The molecule has 0 aromatic carbocycles. The highest BCUT2D eigenvalue weighted by molar-refractivity contribution is 5.77. The van der Waals surface area contributed by atoms with Gasteiger partial charge in [0.1, 0.15) is 18.9 Å². The summed E-state index contributed by atoms with van der Waals surface area (Å²) in [6.07, 6.45) is 16.3. The van der Waals surface area contributed by atoms with Crippen molar-refractivity contribution in [1.29, 1.82) is 0 Å². The first-order valence-electron chi connectivity index (χ1n) is 53.0. The lowest BCUT2D eigenvalue weighted by molar-refractivity contribution is -0.166. The highest BCUT2D eigenvalue weighted by Crippen LogP contribution is 2.44. The second kappa shape index (κ2) is 62.0. The number of hydrogen-bond donors (Lipinski definition) is 0. The molecule has 0 bridgehead atoms. The van der Waals surface area contributed by atoms with Gasteiger partial charge in [0.2, 0.25) is 53.2 Å². The minimum absolute atomic E-state index is 0.00259. The molecule has 0 spiro atoms. The first-order chi connectivity index (χ1) is 66.4. The van der Waals surface area contributed by atoms with Crippen LogP contribution in [0, 0.1) is 11.3 Å². The Morgan fingerprint density at radius 3 is 0.811 bits per heavy atom. The van der Waals surface area contributed by atoms with Crippen molar-refractivity contribution >= 4 is 53.2 Å². The molecule has 3 saturated carbocycles. The van der Waals surface area contributed by atoms with Gasteiger partial charge in [-0.3, -0.25) is 43.2 Å². The quantitative estimate of drug-likeness (QED) is 0.0735. The SMILES string of the molecule is CC(=O)N(C1CCN(C)CC1)C1CC(F)(F)C1.CC(=O)N(CC(C)(C)F)C1CCN(C)CC1.CC(=O)N(CC(C)(F)F)C1CCN(C)CC1.CC(=O)N(CC(F)(F)F)C1CCN(C)CC1.CC(=O)N(CC(F)F)C1CCN(C)CC1.CC(=O)N(CC1(C)CCC1)C1CCN(C)CC1.CC(=O)N(CC1CC1)C1CCN(C)CC1.CC(=O)N(CCF)C1CCN(C)CC1.COC(C)(C)CN(C(C)=O)C1CCN(C)CC1. The largest absolute Gasteiger partial charge is 0.406 e. The van der Waals surface area contributed by atoms with E-state index in [2.05, 4.69) is 96.1 Å². The Bertz CT molecular complexity index is 3470. The molecule has 0 unspecified atom stereocenters. The van der Waals surface area contributed by atoms with Gasteiger partial charge in [-0.25, -0.2) is 35.1 Å². The number of carbonyl (C=O) groups excluding carboxylic acids is 9. The number of carbonyl (C=O) groups is 9. The summed E-state index contributed by atoms with van der Waals surface area (Å²) in [4.78, 5) is 139. The summed E-state index contributed by atoms with van der Waals surface area (Å²) in [6.45, 7) is 42.1. The highest BCUT2D eigenvalue weighted by Gasteiger charge is 2.51. The summed E-state index contributed by atoms with van der Waals surface area (Å²) in [6, 6.07) is 1.45. The topological polar surface area (TPSA) is 221 Å². The van der Waals surface area contributed by atoms with Crippen molar-refractivity contribution in [2.75, 3.05) is 247 Å². The van der Waals surface area contributed by atoms with E-state index in [0.29, 0.717) is 42.9 Å². The van der Waals surface area contributed by atoms with Crippen molar-refractivity contribution in [2.24, 2.45) is 11.3 Å². The molecule has 834 valence electrons. The normalized spacial score (nSPS) is 21.6. The van der Waals surface area contributed by atoms with Gasteiger partial charge >= 0.3 is 6.18 Å². The Hall–Kier alpha value is -5.94. The third kappa shape index (κ3) is 50.5. The highest BCUT2D eigenvalue weighted by atomic mass is 19.4. The summed E-state index contributed by atoms with van der Waals surface area (Å²) in [7, 11) is 20.3. The van der Waals surface area contributed by atoms with E-state index in [4.69, 9.17) is 4.74 Å². The second-order valence-electron chi connectivity index (χ2n) is 45.0. The fourth-order valence-corrected chi connectivity index (χ4v) is 21.1. The Morgan fingerprint density at radius 1 is 0.336 bits per heavy atom. The van der Waals surface area contributed by atoms with E-state index in [1.165, 1.54) is 97.3 Å². The molecule has 9 heterocycles. The van der Waals surface area contributed by atoms with Crippen molar-refractivity contribution in [3.63, 3.8) is 0 Å². The van der Waals surface area contributed by atoms with E-state index in [1.54, 1.807) is 42.6 Å². The van der Waals surface area contributed by atoms with Gasteiger partial charge in [-0.05, 0) is 362 Å². The molecule has 0 aromatic rings. The smallest absolute Gasteiger partial charge is 0.377 e. The number of hydrogen-bond acceptors (Lipinski definition) is 19. The molecular weight excluding hydrogens is 1870 g/mol. The number of nitrogens with zero attached hydrogens (tertiary/aromatic N) is 18. The maximum Gasteiger partial charge on any atom is 0.406 e. The average molecular weight is 2060 g/mol. The fourth-order valence-electron chi connectivity index (χ4n) is 21.1. The number of ether oxygens (including phenoxy) is 1. The zero-order valence-corrected chi connectivity index (χ0v) is 92.5. The zero-order valence-electron chi connectivity index (χ0n) is 92.5. The molecular formula is C104H191F11N18O10. The molecule has 9 amide bonds. The van der Waals surface area contributed by atoms with Gasteiger partial charge in [-0.2, -0.15) is 13.2 Å². The Labute approximate surface area is 852 Å². The van der Waals surface area contributed by atoms with Crippen molar-refractivity contribution in [3.05, 3.63) is 0 Å². The van der Waals surface area contributed by atoms with E-state index >= 15 is 0 Å². The van der Waals surface area contributed by atoms with Crippen LogP contribution in [-0.2, 0) is 47.9 Å². The second-order valence-corrected chi connectivity index (χ2v) is 45.0. The van der Waals surface area contributed by atoms with Crippen LogP contribution in [-0.4, -0.2) is 485 Å². The van der Waals surface area contributed by atoms with Gasteiger partial charge in [0, 0.05) is 176 Å². The number of piperidine rings is 9. The van der Waals surface area contributed by atoms with Crippen molar-refractivity contribution in [2.45, 2.75) is 361 Å². The van der Waals surface area contributed by atoms with Crippen LogP contribution in [0.25, 0.3) is 0 Å². The molecule has 143 heavy (non-hydrogen) atoms. The van der Waals surface area contributed by atoms with Crippen LogP contribution in [0.4, 0.5) is 48.3 Å². The maximum atomic E-state index is 13.6. The van der Waals surface area contributed by atoms with Crippen LogP contribution in [0.3, 0.4) is 0 Å². The number of likely N-dealkylation sites (tertiary alicyclic amines) is 9. The predicted octanol–water partition coefficient (Wildman–Crippen LogP) is 13.4. The van der Waals surface area contributed by atoms with Gasteiger partial charge in [-0.15, -0.1) is 0 Å². The summed E-state index contributed by atoms with van der Waals surface area (Å²) in [5.74, 6) is -4.91. The van der Waals surface area contributed by atoms with E-state index in [1.807, 2.05) is 46.9 Å². The van der Waals surface area contributed by atoms with Crippen LogP contribution >= 0.6 is 0 Å². The molecule has 0 radical (unpaired) electrons. The van der Waals surface area contributed by atoms with E-state index in [0.717, 1.165) is 251 Å². The average Bonchev–Trinajstić information content (AvgIpc) is 1.01. The first-order valence-corrected chi connectivity index (χ1v) is 53.0. The van der Waals surface area contributed by atoms with Crippen LogP contribution in [0.1, 0.15) is 264 Å². The minimum atomic E-state index is -4.31. The number of alkyl halides is 11. The van der Waals surface area contributed by atoms with Crippen LogP contribution in [0.2, 0.25) is 0 Å². The van der Waals surface area contributed by atoms with Crippen LogP contribution in [0.15, 0.2) is 0 Å². The number of halogens is 11. The molecule has 12 aliphatic rings. The Balaban J connectivity index is 0.000000336. The van der Waals surface area contributed by atoms with Crippen molar-refractivity contribution in [3.8, 4) is 0 Å². The number of methoxy groups -OCH3 is 1. The van der Waals surface area contributed by atoms with Gasteiger partial charge in [0.25, 0.3) is 18.3 Å². The third-order valence-corrected chi connectivity index (χ3v) is 30.5. The molecule has 12 fully saturated rings. The van der Waals surface area contributed by atoms with E-state index in [9.17, 15) is 91.4 Å². The molecule has 9 saturated heterocycles. The predicted molar refractivity (Wildman–Crippen MR) is 544 cm³/mol. The van der Waals surface area contributed by atoms with Crippen molar-refractivity contribution < 1.29 is 96.2 Å². The summed E-state index contributed by atoms with van der Waals surface area (Å²) in [5, 5.41) is 0. The van der Waals surface area contributed by atoms with Crippen LogP contribution < -0.4 is 0 Å². The maximum absolute atomic E-state index is 13.6. The first kappa shape index (κ1) is 129. The van der Waals surface area contributed by atoms with Crippen LogP contribution in [0.5, 0.6) is 0 Å². The zero-order chi connectivity index (χ0) is 108. The molecule has 39 heteroatoms. The molecule has 0 N–H and O–H groups in total. The molecule has 28 nitrogen and oxygen atoms in total. The minimum Gasteiger partial charge on any atom is -0.377 e. The molecule has 3 aliphatic carbocycles. The van der Waals surface area contributed by atoms with Gasteiger partial charge in [-0.1, -0.05) is 13.3 Å². The van der Waals surface area contributed by atoms with Gasteiger partial charge in [0.15, 0.2) is 0 Å². The lowest BCUT2D eigenvalue weighted by Gasteiger charge is -2.47. The standard InChI is InChI=1S/C14H26N2O.C13H26N2O2.C12H20F2N2O.C12H23FN2O.C12H22N2O.C11H20F2N2O.C10H17F3N2O.C10H18F2N2O.C10H19FN2O/c1-12(17)16(11-14(2)7-4-8-14)13-5-9-15(3)10-6-13;1-11(16)15(10-13(2,3)17-5)12-6-8-14(4)9-7-12;1-9(17)16(11-7-12(13,14)8-11)10-3-5-15(2)6-4-10;1-10(16)15(9-12(2,3)13)11-5-7-14(4)8-6-11;1-10(15)14(9-11-3-4-11)12-5-7-13(2)8-6-12;1-9(16)15(8-11(2,12)13)10-4-6-14(3)7-5-10;1-8(16)15(7-10(11,12)13)9-3-5-14(2)6-4-9;1-8(15)14(7-10(11)12)9-3-5-13(2)6-4-9;1-9(14)13(8-5-11)10-3-6-12(2)7-4-10/h13H,4-11H2,1-3H3;12H,6-10H2,1-5H3;10-11H,3-8H2,1-2H3;11H,5-9H2,1-4H3;11-12H,3-9H2,1-2H3;10H,4-8H2,1-3H3;9H,3-7H2,1-2H3;9-10H,3-7H2,1-2H3;10H,3-8H2,1-2H3. The Morgan fingerprint density at radius 2 is 0.587 bits per heavy atom. The monoisotopic (exact) mass is 2060 g/mol. The fraction of sp³-hybridized carbons (Fsp3) is 0.913. The van der Waals surface area contributed by atoms with Gasteiger partial charge < -0.3 is 92.9 Å². The lowest BCUT2D eigenvalue weighted by Crippen LogP contribution is -2.57. The summed E-state index contributed by atoms with van der Waals surface area (Å²) >= 11 is 0. The molecule has 0 aromatic heterocycles. The molecule has 12 rings (SSSR count). The van der Waals surface area contributed by atoms with Crippen molar-refractivity contribution in [1.82, 2.24) is 88.2 Å². The van der Waals surface area contributed by atoms with Gasteiger partial charge in [0.05, 0.1) is 25.2 Å². The number of rotatable bonds is 26. The third-order valence-electron chi connectivity index (χ3n) is 30.5. The Kier molecular flexibility index (Phi) is 56.1. The van der Waals surface area contributed by atoms with E-state index < -0.39 is 62.3 Å². The summed E-state index contributed by atoms with van der Waals surface area (Å²) in [5.41, 5.74) is -1.17. The molecule has 9 aliphatic heterocycles.